The van der Waals surface area contributed by atoms with Crippen LogP contribution in [0.5, 0.6) is 0 Å². The molecule has 2 heterocycles. The minimum atomic E-state index is -0.123. The van der Waals surface area contributed by atoms with Gasteiger partial charge in [-0.3, -0.25) is 4.98 Å². The highest BCUT2D eigenvalue weighted by Crippen LogP contribution is 2.22. The van der Waals surface area contributed by atoms with Gasteiger partial charge < -0.3 is 5.73 Å². The SMILES string of the molecule is CC(C)(N)CCc1nc(-c2ccncc2)cs1. The van der Waals surface area contributed by atoms with Crippen molar-refractivity contribution in [2.75, 3.05) is 0 Å². The summed E-state index contributed by atoms with van der Waals surface area (Å²) in [4.78, 5) is 8.62. The van der Waals surface area contributed by atoms with Gasteiger partial charge in [0.05, 0.1) is 10.7 Å². The van der Waals surface area contributed by atoms with Gasteiger partial charge in [-0.05, 0) is 32.4 Å². The van der Waals surface area contributed by atoms with Gasteiger partial charge in [-0.2, -0.15) is 0 Å². The molecule has 0 aromatic carbocycles. The first-order valence-electron chi connectivity index (χ1n) is 5.68. The summed E-state index contributed by atoms with van der Waals surface area (Å²) in [5, 5.41) is 3.24. The highest BCUT2D eigenvalue weighted by atomic mass is 32.1. The van der Waals surface area contributed by atoms with Gasteiger partial charge in [0.25, 0.3) is 0 Å². The Morgan fingerprint density at radius 2 is 2.00 bits per heavy atom. The van der Waals surface area contributed by atoms with Crippen molar-refractivity contribution >= 4 is 11.3 Å². The average molecular weight is 247 g/mol. The van der Waals surface area contributed by atoms with Gasteiger partial charge in [-0.1, -0.05) is 0 Å². The van der Waals surface area contributed by atoms with Gasteiger partial charge in [-0.15, -0.1) is 11.3 Å². The number of hydrogen-bond acceptors (Lipinski definition) is 4. The average Bonchev–Trinajstić information content (AvgIpc) is 2.75. The van der Waals surface area contributed by atoms with Crippen molar-refractivity contribution in [2.45, 2.75) is 32.2 Å². The Bertz CT molecular complexity index is 471. The van der Waals surface area contributed by atoms with E-state index in [1.165, 1.54) is 0 Å². The molecule has 2 aromatic heterocycles. The lowest BCUT2D eigenvalue weighted by atomic mass is 10.0. The molecule has 0 saturated carbocycles. The summed E-state index contributed by atoms with van der Waals surface area (Å²) < 4.78 is 0. The van der Waals surface area contributed by atoms with E-state index >= 15 is 0 Å². The molecule has 0 spiro atoms. The lowest BCUT2D eigenvalue weighted by Gasteiger charge is -2.16. The van der Waals surface area contributed by atoms with Crippen LogP contribution in [0.2, 0.25) is 0 Å². The minimum absolute atomic E-state index is 0.123. The molecule has 0 fully saturated rings. The van der Waals surface area contributed by atoms with Crippen molar-refractivity contribution in [2.24, 2.45) is 5.73 Å². The Balaban J connectivity index is 2.07. The van der Waals surface area contributed by atoms with E-state index in [2.05, 4.69) is 15.3 Å². The summed E-state index contributed by atoms with van der Waals surface area (Å²) in [6.07, 6.45) is 5.48. The summed E-state index contributed by atoms with van der Waals surface area (Å²) in [5.41, 5.74) is 8.00. The van der Waals surface area contributed by atoms with Crippen LogP contribution in [0.3, 0.4) is 0 Å². The van der Waals surface area contributed by atoms with Gasteiger partial charge >= 0.3 is 0 Å². The summed E-state index contributed by atoms with van der Waals surface area (Å²) in [6, 6.07) is 3.96. The smallest absolute Gasteiger partial charge is 0.0933 e. The molecule has 3 nitrogen and oxygen atoms in total. The second-order valence-corrected chi connectivity index (χ2v) is 5.79. The van der Waals surface area contributed by atoms with E-state index in [0.717, 1.165) is 29.1 Å². The number of rotatable bonds is 4. The van der Waals surface area contributed by atoms with Crippen LogP contribution in [0, 0.1) is 0 Å². The molecular formula is C13H17N3S. The first kappa shape index (κ1) is 12.2. The third kappa shape index (κ3) is 3.61. The number of aryl methyl sites for hydroxylation is 1. The van der Waals surface area contributed by atoms with Crippen molar-refractivity contribution in [3.8, 4) is 11.3 Å². The monoisotopic (exact) mass is 247 g/mol. The van der Waals surface area contributed by atoms with Crippen molar-refractivity contribution in [3.05, 3.63) is 34.9 Å². The highest BCUT2D eigenvalue weighted by molar-refractivity contribution is 7.09. The molecule has 0 radical (unpaired) electrons. The fourth-order valence-corrected chi connectivity index (χ4v) is 2.32. The Morgan fingerprint density at radius 1 is 1.29 bits per heavy atom. The van der Waals surface area contributed by atoms with Gasteiger partial charge in [0, 0.05) is 35.3 Å². The molecule has 0 amide bonds. The lowest BCUT2D eigenvalue weighted by Crippen LogP contribution is -2.32. The van der Waals surface area contributed by atoms with Gasteiger partial charge in [0.15, 0.2) is 0 Å². The largest absolute Gasteiger partial charge is 0.326 e. The predicted octanol–water partition coefficient (Wildman–Crippen LogP) is 2.88. The van der Waals surface area contributed by atoms with Crippen molar-refractivity contribution in [1.82, 2.24) is 9.97 Å². The fourth-order valence-electron chi connectivity index (χ4n) is 1.51. The molecule has 17 heavy (non-hydrogen) atoms. The number of aromatic nitrogens is 2. The first-order valence-corrected chi connectivity index (χ1v) is 6.56. The number of pyridine rings is 1. The standard InChI is InChI=1S/C13H17N3S/c1-13(2,14)6-3-12-16-11(9-17-12)10-4-7-15-8-5-10/h4-5,7-9H,3,6,14H2,1-2H3. The molecule has 0 aliphatic rings. The van der Waals surface area contributed by atoms with E-state index < -0.39 is 0 Å². The van der Waals surface area contributed by atoms with Crippen LogP contribution in [0.25, 0.3) is 11.3 Å². The van der Waals surface area contributed by atoms with Crippen LogP contribution in [-0.2, 0) is 6.42 Å². The summed E-state index contributed by atoms with van der Waals surface area (Å²) in [5.74, 6) is 0. The van der Waals surface area contributed by atoms with Crippen molar-refractivity contribution in [1.29, 1.82) is 0 Å². The summed E-state index contributed by atoms with van der Waals surface area (Å²) in [7, 11) is 0. The van der Waals surface area contributed by atoms with Gasteiger partial charge in [-0.25, -0.2) is 4.98 Å². The Morgan fingerprint density at radius 3 is 2.65 bits per heavy atom. The third-order valence-corrected chi connectivity index (χ3v) is 3.42. The van der Waals surface area contributed by atoms with Crippen LogP contribution < -0.4 is 5.73 Å². The zero-order valence-electron chi connectivity index (χ0n) is 10.2. The van der Waals surface area contributed by atoms with Crippen molar-refractivity contribution in [3.63, 3.8) is 0 Å². The summed E-state index contributed by atoms with van der Waals surface area (Å²) >= 11 is 1.70. The minimum Gasteiger partial charge on any atom is -0.326 e. The number of hydrogen-bond donors (Lipinski definition) is 1. The highest BCUT2D eigenvalue weighted by Gasteiger charge is 2.12. The molecule has 0 bridgehead atoms. The maximum absolute atomic E-state index is 5.97. The van der Waals surface area contributed by atoms with Crippen molar-refractivity contribution < 1.29 is 0 Å². The predicted molar refractivity (Wildman–Crippen MR) is 71.9 cm³/mol. The number of nitrogens with zero attached hydrogens (tertiary/aromatic N) is 2. The lowest BCUT2D eigenvalue weighted by molar-refractivity contribution is 0.476. The molecule has 0 unspecified atom stereocenters. The van der Waals surface area contributed by atoms with Crippen LogP contribution in [0.15, 0.2) is 29.9 Å². The molecule has 90 valence electrons. The van der Waals surface area contributed by atoms with E-state index in [1.54, 1.807) is 23.7 Å². The van der Waals surface area contributed by atoms with Crippen LogP contribution in [0.4, 0.5) is 0 Å². The maximum atomic E-state index is 5.97. The molecule has 0 atom stereocenters. The fraction of sp³-hybridized carbons (Fsp3) is 0.385. The first-order chi connectivity index (χ1) is 8.04. The third-order valence-electron chi connectivity index (χ3n) is 2.51. The Labute approximate surface area is 106 Å². The molecule has 2 rings (SSSR count). The quantitative estimate of drug-likeness (QED) is 0.903. The van der Waals surface area contributed by atoms with Crippen LogP contribution in [-0.4, -0.2) is 15.5 Å². The Hall–Kier alpha value is -1.26. The zero-order valence-corrected chi connectivity index (χ0v) is 11.0. The molecule has 0 saturated heterocycles. The molecule has 2 aromatic rings. The molecule has 4 heteroatoms. The number of nitrogens with two attached hydrogens (primary N) is 1. The molecule has 2 N–H and O–H groups in total. The second kappa shape index (κ2) is 4.94. The molecule has 0 aliphatic heterocycles. The number of thiazole rings is 1. The van der Waals surface area contributed by atoms with E-state index in [9.17, 15) is 0 Å². The maximum Gasteiger partial charge on any atom is 0.0933 e. The van der Waals surface area contributed by atoms with E-state index in [-0.39, 0.29) is 5.54 Å². The topological polar surface area (TPSA) is 51.8 Å². The normalized spacial score (nSPS) is 11.7. The van der Waals surface area contributed by atoms with E-state index in [0.29, 0.717) is 0 Å². The van der Waals surface area contributed by atoms with Gasteiger partial charge in [0.2, 0.25) is 0 Å². The van der Waals surface area contributed by atoms with Gasteiger partial charge in [0.1, 0.15) is 0 Å². The summed E-state index contributed by atoms with van der Waals surface area (Å²) in [6.45, 7) is 4.09. The van der Waals surface area contributed by atoms with E-state index in [4.69, 9.17) is 5.73 Å². The second-order valence-electron chi connectivity index (χ2n) is 4.85. The molecule has 0 aliphatic carbocycles. The zero-order chi connectivity index (χ0) is 12.3. The van der Waals surface area contributed by atoms with Crippen LogP contribution in [0.1, 0.15) is 25.3 Å². The Kier molecular flexibility index (Phi) is 3.54. The van der Waals surface area contributed by atoms with E-state index in [1.807, 2.05) is 26.0 Å². The molecular weight excluding hydrogens is 230 g/mol. The van der Waals surface area contributed by atoms with Crippen LogP contribution >= 0.6 is 11.3 Å².